The van der Waals surface area contributed by atoms with Crippen molar-refractivity contribution in [3.8, 4) is 0 Å². The Hall–Kier alpha value is -1.51. The number of nitrogens with two attached hydrogens (primary N) is 1. The van der Waals surface area contributed by atoms with Crippen LogP contribution in [0.2, 0.25) is 0 Å². The van der Waals surface area contributed by atoms with Gasteiger partial charge in [0.05, 0.1) is 5.56 Å². The summed E-state index contributed by atoms with van der Waals surface area (Å²) in [6, 6.07) is 5.87. The summed E-state index contributed by atoms with van der Waals surface area (Å²) in [7, 11) is 0. The molecule has 1 aromatic carbocycles. The highest BCUT2D eigenvalue weighted by Gasteiger charge is 2.59. The Bertz CT molecular complexity index is 568. The second-order valence-corrected chi connectivity index (χ2v) is 7.86. The molecule has 0 radical (unpaired) electrons. The highest BCUT2D eigenvalue weighted by Crippen LogP contribution is 2.62. The first-order valence-electron chi connectivity index (χ1n) is 7.92. The molecule has 1 amide bonds. The van der Waals surface area contributed by atoms with Crippen molar-refractivity contribution >= 4 is 11.6 Å². The summed E-state index contributed by atoms with van der Waals surface area (Å²) < 4.78 is 0. The van der Waals surface area contributed by atoms with Crippen LogP contribution < -0.4 is 11.1 Å². The number of benzene rings is 1. The topological polar surface area (TPSA) is 55.1 Å². The summed E-state index contributed by atoms with van der Waals surface area (Å²) >= 11 is 0. The molecule has 2 saturated carbocycles. The molecule has 3 unspecified atom stereocenters. The average Bonchev–Trinajstić information content (AvgIpc) is 2.86. The number of hydrogen-bond donors (Lipinski definition) is 2. The van der Waals surface area contributed by atoms with E-state index in [1.807, 2.05) is 19.1 Å². The van der Waals surface area contributed by atoms with Crippen LogP contribution >= 0.6 is 0 Å². The van der Waals surface area contributed by atoms with Gasteiger partial charge in [-0.2, -0.15) is 0 Å². The van der Waals surface area contributed by atoms with E-state index in [0.29, 0.717) is 11.3 Å². The van der Waals surface area contributed by atoms with Crippen molar-refractivity contribution in [3.05, 3.63) is 29.3 Å². The summed E-state index contributed by atoms with van der Waals surface area (Å²) in [4.78, 5) is 12.8. The summed E-state index contributed by atoms with van der Waals surface area (Å²) in [5, 5.41) is 3.32. The van der Waals surface area contributed by atoms with Crippen LogP contribution in [0.25, 0.3) is 0 Å². The Morgan fingerprint density at radius 1 is 1.33 bits per heavy atom. The molecule has 2 aliphatic carbocycles. The first-order chi connectivity index (χ1) is 9.75. The molecule has 2 aliphatic rings. The maximum absolute atomic E-state index is 12.8. The van der Waals surface area contributed by atoms with E-state index in [4.69, 9.17) is 5.73 Å². The minimum absolute atomic E-state index is 0.0163. The van der Waals surface area contributed by atoms with Gasteiger partial charge in [-0.1, -0.05) is 32.9 Å². The molecule has 0 saturated heterocycles. The molecule has 3 nitrogen and oxygen atoms in total. The Kier molecular flexibility index (Phi) is 3.09. The second-order valence-electron chi connectivity index (χ2n) is 7.86. The number of fused-ring (bicyclic) bond motifs is 2. The van der Waals surface area contributed by atoms with Gasteiger partial charge in [0.1, 0.15) is 0 Å². The van der Waals surface area contributed by atoms with E-state index >= 15 is 0 Å². The van der Waals surface area contributed by atoms with Crippen LogP contribution in [0.1, 0.15) is 56.0 Å². The van der Waals surface area contributed by atoms with Crippen molar-refractivity contribution in [3.63, 3.8) is 0 Å². The first-order valence-corrected chi connectivity index (χ1v) is 7.92. The summed E-state index contributed by atoms with van der Waals surface area (Å²) in [5.41, 5.74) is 8.57. The highest BCUT2D eigenvalue weighted by molar-refractivity contribution is 6.00. The van der Waals surface area contributed by atoms with Crippen LogP contribution in [0.15, 0.2) is 18.2 Å². The predicted molar refractivity (Wildman–Crippen MR) is 86.1 cm³/mol. The first kappa shape index (κ1) is 14.4. The Morgan fingerprint density at radius 3 is 2.62 bits per heavy atom. The normalized spacial score (nSPS) is 33.1. The van der Waals surface area contributed by atoms with Gasteiger partial charge < -0.3 is 11.1 Å². The van der Waals surface area contributed by atoms with Gasteiger partial charge in [0.15, 0.2) is 0 Å². The van der Waals surface area contributed by atoms with E-state index < -0.39 is 0 Å². The molecular formula is C18H26N2O. The van der Waals surface area contributed by atoms with Crippen molar-refractivity contribution in [1.29, 1.82) is 0 Å². The molecule has 0 heterocycles. The molecule has 3 N–H and O–H groups in total. The summed E-state index contributed by atoms with van der Waals surface area (Å²) in [6.45, 7) is 8.87. The van der Waals surface area contributed by atoms with Gasteiger partial charge in [0.2, 0.25) is 0 Å². The maximum atomic E-state index is 12.8. The van der Waals surface area contributed by atoms with Crippen LogP contribution in [0, 0.1) is 23.7 Å². The van der Waals surface area contributed by atoms with Gasteiger partial charge >= 0.3 is 0 Å². The van der Waals surface area contributed by atoms with Gasteiger partial charge in [-0.3, -0.25) is 4.79 Å². The quantitative estimate of drug-likeness (QED) is 0.817. The largest absolute Gasteiger partial charge is 0.398 e. The van der Waals surface area contributed by atoms with E-state index in [9.17, 15) is 4.79 Å². The number of nitrogen functional groups attached to an aromatic ring is 1. The molecule has 0 aliphatic heterocycles. The monoisotopic (exact) mass is 286 g/mol. The number of carbonyl (C=O) groups excluding carboxylic acids is 1. The van der Waals surface area contributed by atoms with Crippen molar-refractivity contribution < 1.29 is 4.79 Å². The zero-order valence-corrected chi connectivity index (χ0v) is 13.5. The summed E-state index contributed by atoms with van der Waals surface area (Å²) in [6.07, 6.45) is 3.74. The van der Waals surface area contributed by atoms with E-state index in [2.05, 4.69) is 26.1 Å². The zero-order chi connectivity index (χ0) is 15.4. The van der Waals surface area contributed by atoms with E-state index in [1.165, 1.54) is 19.3 Å². The predicted octanol–water partition coefficient (Wildman–Crippen LogP) is 3.52. The lowest BCUT2D eigenvalue weighted by molar-refractivity contribution is 0.0738. The van der Waals surface area contributed by atoms with Crippen molar-refractivity contribution in [2.45, 2.75) is 53.0 Å². The third-order valence-corrected chi connectivity index (χ3v) is 6.08. The Morgan fingerprint density at radius 2 is 2.05 bits per heavy atom. The third kappa shape index (κ3) is 2.05. The fourth-order valence-corrected chi connectivity index (χ4v) is 4.87. The number of anilines is 1. The Balaban J connectivity index is 1.89. The maximum Gasteiger partial charge on any atom is 0.253 e. The molecular weight excluding hydrogens is 260 g/mol. The number of amides is 1. The van der Waals surface area contributed by atoms with Crippen LogP contribution in [-0.2, 0) is 0 Å². The lowest BCUT2D eigenvalue weighted by Crippen LogP contribution is -2.52. The number of hydrogen-bond acceptors (Lipinski definition) is 2. The number of nitrogens with one attached hydrogen (secondary N) is 1. The smallest absolute Gasteiger partial charge is 0.253 e. The molecule has 0 aromatic heterocycles. The molecule has 21 heavy (non-hydrogen) atoms. The molecule has 3 heteroatoms. The second kappa shape index (κ2) is 4.49. The van der Waals surface area contributed by atoms with Crippen molar-refractivity contribution in [2.24, 2.45) is 16.7 Å². The van der Waals surface area contributed by atoms with E-state index in [0.717, 1.165) is 11.5 Å². The molecule has 1 aromatic rings. The van der Waals surface area contributed by atoms with Gasteiger partial charge in [-0.05, 0) is 54.6 Å². The molecule has 2 bridgehead atoms. The van der Waals surface area contributed by atoms with Gasteiger partial charge in [-0.25, -0.2) is 0 Å². The van der Waals surface area contributed by atoms with Crippen LogP contribution in [-0.4, -0.2) is 11.9 Å². The molecule has 2 fully saturated rings. The van der Waals surface area contributed by atoms with E-state index in [-0.39, 0.29) is 22.8 Å². The molecule has 0 spiro atoms. The number of aryl methyl sites for hydroxylation is 1. The highest BCUT2D eigenvalue weighted by atomic mass is 16.1. The van der Waals surface area contributed by atoms with Crippen molar-refractivity contribution in [1.82, 2.24) is 5.32 Å². The minimum Gasteiger partial charge on any atom is -0.398 e. The fraction of sp³-hybridized carbons (Fsp3) is 0.611. The van der Waals surface area contributed by atoms with E-state index in [1.54, 1.807) is 6.07 Å². The standard InChI is InChI=1S/C18H26N2O/c1-11-6-5-7-13(19)14(11)15(21)20-16-17(2,3)12-8-9-18(16,4)10-12/h5-7,12,16H,8-10,19H2,1-4H3,(H,20,21). The molecule has 114 valence electrons. The fourth-order valence-electron chi connectivity index (χ4n) is 4.87. The van der Waals surface area contributed by atoms with Gasteiger partial charge in [-0.15, -0.1) is 0 Å². The average molecular weight is 286 g/mol. The zero-order valence-electron chi connectivity index (χ0n) is 13.5. The van der Waals surface area contributed by atoms with Crippen molar-refractivity contribution in [2.75, 3.05) is 5.73 Å². The number of carbonyl (C=O) groups is 1. The van der Waals surface area contributed by atoms with Crippen LogP contribution in [0.4, 0.5) is 5.69 Å². The third-order valence-electron chi connectivity index (χ3n) is 6.08. The minimum atomic E-state index is -0.0163. The Labute approximate surface area is 127 Å². The SMILES string of the molecule is Cc1cccc(N)c1C(=O)NC1C2(C)CCC(C2)C1(C)C. The van der Waals surface area contributed by atoms with Crippen LogP contribution in [0.3, 0.4) is 0 Å². The van der Waals surface area contributed by atoms with Gasteiger partial charge in [0.25, 0.3) is 5.91 Å². The molecule has 3 rings (SSSR count). The van der Waals surface area contributed by atoms with Gasteiger partial charge in [0, 0.05) is 11.7 Å². The lowest BCUT2D eigenvalue weighted by Gasteiger charge is -2.43. The lowest BCUT2D eigenvalue weighted by atomic mass is 9.68. The number of rotatable bonds is 2. The summed E-state index contributed by atoms with van der Waals surface area (Å²) in [5.74, 6) is 0.708. The molecule has 3 atom stereocenters. The van der Waals surface area contributed by atoms with Crippen LogP contribution in [0.5, 0.6) is 0 Å².